The molecule has 0 aromatic heterocycles. The number of aliphatic carboxylic acids is 1. The van der Waals surface area contributed by atoms with Gasteiger partial charge in [0.25, 0.3) is 0 Å². The van der Waals surface area contributed by atoms with Crippen LogP contribution in [0.5, 0.6) is 0 Å². The molecule has 0 aliphatic carbocycles. The zero-order chi connectivity index (χ0) is 26.2. The van der Waals surface area contributed by atoms with Crippen molar-refractivity contribution in [3.63, 3.8) is 0 Å². The zero-order valence-corrected chi connectivity index (χ0v) is 21.5. The van der Waals surface area contributed by atoms with Gasteiger partial charge in [0.1, 0.15) is 0 Å². The Kier molecular flexibility index (Phi) is 9.68. The molecule has 4 atom stereocenters. The number of nitrogens with one attached hydrogen (secondary N) is 1. The first kappa shape index (κ1) is 27.3. The molecule has 0 saturated carbocycles. The molecular formula is C29H38N2O6. The highest BCUT2D eigenvalue weighted by molar-refractivity contribution is 5.90. The molecular weight excluding hydrogens is 472 g/mol. The van der Waals surface area contributed by atoms with Crippen molar-refractivity contribution < 1.29 is 29.3 Å². The number of carboxylic acid groups (broad SMARTS) is 1. The number of aliphatic hydroxyl groups is 1. The van der Waals surface area contributed by atoms with E-state index < -0.39 is 12.3 Å². The Morgan fingerprint density at radius 3 is 2.46 bits per heavy atom. The summed E-state index contributed by atoms with van der Waals surface area (Å²) in [6.45, 7) is 5.17. The van der Waals surface area contributed by atoms with Crippen molar-refractivity contribution in [2.45, 2.75) is 70.6 Å². The van der Waals surface area contributed by atoms with Gasteiger partial charge in [-0.05, 0) is 55.6 Å². The Bertz CT molecular complexity index is 1040. The number of carbonyl (C=O) groups excluding carboxylic acids is 1. The summed E-state index contributed by atoms with van der Waals surface area (Å²) in [5, 5.41) is 21.1. The van der Waals surface area contributed by atoms with Crippen LogP contribution in [-0.4, -0.2) is 52.7 Å². The minimum absolute atomic E-state index is 0.000498. The Balaban J connectivity index is 1.51. The molecule has 2 fully saturated rings. The molecule has 2 aliphatic heterocycles. The molecule has 2 aromatic rings. The molecule has 2 aliphatic rings. The molecule has 2 saturated heterocycles. The summed E-state index contributed by atoms with van der Waals surface area (Å²) in [6.07, 6.45) is 3.29. The van der Waals surface area contributed by atoms with Crippen LogP contribution in [0.3, 0.4) is 0 Å². The molecule has 0 radical (unpaired) electrons. The van der Waals surface area contributed by atoms with Crippen molar-refractivity contribution >= 4 is 17.6 Å². The summed E-state index contributed by atoms with van der Waals surface area (Å²) in [4.78, 5) is 25.5. The van der Waals surface area contributed by atoms with Crippen LogP contribution in [0.4, 0.5) is 5.69 Å². The van der Waals surface area contributed by atoms with Gasteiger partial charge in [-0.1, -0.05) is 49.7 Å². The summed E-state index contributed by atoms with van der Waals surface area (Å²) in [5.74, 6) is -1.01. The van der Waals surface area contributed by atoms with Crippen molar-refractivity contribution in [3.05, 3.63) is 65.2 Å². The Morgan fingerprint density at radius 1 is 1.00 bits per heavy atom. The number of rotatable bonds is 10. The van der Waals surface area contributed by atoms with E-state index >= 15 is 0 Å². The van der Waals surface area contributed by atoms with E-state index in [0.717, 1.165) is 36.3 Å². The Labute approximate surface area is 218 Å². The van der Waals surface area contributed by atoms with Gasteiger partial charge in [-0.3, -0.25) is 9.59 Å². The van der Waals surface area contributed by atoms with Crippen LogP contribution in [0.1, 0.15) is 74.5 Å². The molecule has 2 aromatic carbocycles. The van der Waals surface area contributed by atoms with Gasteiger partial charge in [0.05, 0.1) is 18.8 Å². The maximum atomic E-state index is 12.3. The van der Waals surface area contributed by atoms with E-state index in [-0.39, 0.29) is 43.5 Å². The second kappa shape index (κ2) is 13.1. The third-order valence-corrected chi connectivity index (χ3v) is 7.25. The normalized spacial score (nSPS) is 24.5. The fourth-order valence-corrected chi connectivity index (χ4v) is 5.11. The summed E-state index contributed by atoms with van der Waals surface area (Å²) in [6, 6.07) is 15.3. The smallest absolute Gasteiger partial charge is 0.303 e. The average molecular weight is 511 g/mol. The van der Waals surface area contributed by atoms with Crippen LogP contribution in [0, 0.1) is 5.92 Å². The number of nitrogens with zero attached hydrogens (tertiary/aromatic N) is 1. The first-order chi connectivity index (χ1) is 17.9. The lowest BCUT2D eigenvalue weighted by atomic mass is 9.89. The Hall–Kier alpha value is -2.78. The van der Waals surface area contributed by atoms with Gasteiger partial charge in [0, 0.05) is 36.6 Å². The third kappa shape index (κ3) is 7.61. The second-order valence-corrected chi connectivity index (χ2v) is 10.1. The van der Waals surface area contributed by atoms with Crippen LogP contribution in [-0.2, 0) is 25.7 Å². The highest BCUT2D eigenvalue weighted by Crippen LogP contribution is 2.42. The van der Waals surface area contributed by atoms with Crippen LogP contribution in [0.25, 0.3) is 0 Å². The second-order valence-electron chi connectivity index (χ2n) is 10.1. The van der Waals surface area contributed by atoms with E-state index in [1.807, 2.05) is 42.5 Å². The van der Waals surface area contributed by atoms with E-state index in [0.29, 0.717) is 12.1 Å². The number of hydrogen-bond acceptors (Lipinski definition) is 6. The number of aliphatic hydroxyl groups excluding tert-OH is 1. The van der Waals surface area contributed by atoms with E-state index in [2.05, 4.69) is 17.1 Å². The summed E-state index contributed by atoms with van der Waals surface area (Å²) in [7, 11) is 0. The van der Waals surface area contributed by atoms with Crippen LogP contribution in [0.15, 0.2) is 48.5 Å². The summed E-state index contributed by atoms with van der Waals surface area (Å²) in [5.41, 5.74) is 3.34. The lowest BCUT2D eigenvalue weighted by Crippen LogP contribution is -2.45. The number of anilines is 1. The van der Waals surface area contributed by atoms with Gasteiger partial charge in [-0.2, -0.15) is 0 Å². The van der Waals surface area contributed by atoms with Gasteiger partial charge in [-0.25, -0.2) is 0 Å². The standard InChI is InChI=1S/C29H38N2O6/c1-20-25(18-31-15-3-2-4-16-31)36-29(37-28(20)22-13-11-21(19-32)12-14-22)23-7-5-8-24(17-23)30-26(33)9-6-10-27(34)35/h5,7-8,11-14,17,20,25,28-29,32H,2-4,6,9-10,15-16,18-19H2,1H3,(H,30,33)(H,34,35)/t20-,25+,28+,29+/m0/s1. The number of ether oxygens (including phenoxy) is 2. The van der Waals surface area contributed by atoms with Crippen molar-refractivity contribution in [2.24, 2.45) is 5.92 Å². The van der Waals surface area contributed by atoms with Crippen LogP contribution < -0.4 is 5.32 Å². The van der Waals surface area contributed by atoms with Crippen molar-refractivity contribution in [1.82, 2.24) is 4.90 Å². The number of piperidine rings is 1. The predicted molar refractivity (Wildman–Crippen MR) is 140 cm³/mol. The molecule has 8 nitrogen and oxygen atoms in total. The number of amides is 1. The monoisotopic (exact) mass is 510 g/mol. The minimum Gasteiger partial charge on any atom is -0.481 e. The first-order valence-electron chi connectivity index (χ1n) is 13.3. The lowest BCUT2D eigenvalue weighted by molar-refractivity contribution is -0.276. The molecule has 1 amide bonds. The van der Waals surface area contributed by atoms with E-state index in [1.54, 1.807) is 6.07 Å². The molecule has 37 heavy (non-hydrogen) atoms. The molecule has 8 heteroatoms. The largest absolute Gasteiger partial charge is 0.481 e. The molecule has 200 valence electrons. The molecule has 0 bridgehead atoms. The van der Waals surface area contributed by atoms with Gasteiger partial charge in [0.2, 0.25) is 5.91 Å². The molecule has 2 heterocycles. The van der Waals surface area contributed by atoms with Crippen LogP contribution >= 0.6 is 0 Å². The van der Waals surface area contributed by atoms with Crippen molar-refractivity contribution in [2.75, 3.05) is 25.0 Å². The first-order valence-corrected chi connectivity index (χ1v) is 13.3. The van der Waals surface area contributed by atoms with Gasteiger partial charge < -0.3 is 29.9 Å². The van der Waals surface area contributed by atoms with Gasteiger partial charge >= 0.3 is 5.97 Å². The van der Waals surface area contributed by atoms with E-state index in [9.17, 15) is 14.7 Å². The van der Waals surface area contributed by atoms with Crippen LogP contribution in [0.2, 0.25) is 0 Å². The molecule has 4 rings (SSSR count). The topological polar surface area (TPSA) is 108 Å². The average Bonchev–Trinajstić information content (AvgIpc) is 2.90. The fourth-order valence-electron chi connectivity index (χ4n) is 5.11. The fraction of sp³-hybridized carbons (Fsp3) is 0.517. The molecule has 0 spiro atoms. The van der Waals surface area contributed by atoms with Gasteiger partial charge in [-0.15, -0.1) is 0 Å². The quantitative estimate of drug-likeness (QED) is 0.427. The third-order valence-electron chi connectivity index (χ3n) is 7.25. The highest BCUT2D eigenvalue weighted by atomic mass is 16.7. The minimum atomic E-state index is -0.907. The zero-order valence-electron chi connectivity index (χ0n) is 21.5. The number of benzene rings is 2. The number of carbonyl (C=O) groups is 2. The highest BCUT2D eigenvalue weighted by Gasteiger charge is 2.39. The van der Waals surface area contributed by atoms with Gasteiger partial charge in [0.15, 0.2) is 6.29 Å². The maximum Gasteiger partial charge on any atom is 0.303 e. The lowest BCUT2D eigenvalue weighted by Gasteiger charge is -2.43. The van der Waals surface area contributed by atoms with Crippen molar-refractivity contribution in [3.8, 4) is 0 Å². The predicted octanol–water partition coefficient (Wildman–Crippen LogP) is 4.65. The summed E-state index contributed by atoms with van der Waals surface area (Å²) >= 11 is 0. The van der Waals surface area contributed by atoms with E-state index in [1.165, 1.54) is 19.3 Å². The van der Waals surface area contributed by atoms with E-state index in [4.69, 9.17) is 14.6 Å². The summed E-state index contributed by atoms with van der Waals surface area (Å²) < 4.78 is 13.1. The van der Waals surface area contributed by atoms with Crippen molar-refractivity contribution in [1.29, 1.82) is 0 Å². The Morgan fingerprint density at radius 2 is 1.76 bits per heavy atom. The maximum absolute atomic E-state index is 12.3. The number of hydrogen-bond donors (Lipinski definition) is 3. The molecule has 3 N–H and O–H groups in total. The molecule has 0 unspecified atom stereocenters. The number of carboxylic acids is 1. The number of likely N-dealkylation sites (tertiary alicyclic amines) is 1. The SMILES string of the molecule is C[C@H]1[C@@H](CN2CCCCC2)O[C@@H](c2cccc(NC(=O)CCCC(=O)O)c2)O[C@H]1c1ccc(CO)cc1.